The highest BCUT2D eigenvalue weighted by Gasteiger charge is 2.09. The lowest BCUT2D eigenvalue weighted by Crippen LogP contribution is -2.27. The second kappa shape index (κ2) is 7.87. The molecular formula is C11H19NO4. The fraction of sp³-hybridized carbons (Fsp3) is 0.636. The van der Waals surface area contributed by atoms with E-state index in [1.54, 1.807) is 13.8 Å². The van der Waals surface area contributed by atoms with Crippen LogP contribution in [0.2, 0.25) is 0 Å². The fourth-order valence-electron chi connectivity index (χ4n) is 0.866. The van der Waals surface area contributed by atoms with Crippen molar-refractivity contribution in [3.8, 4) is 0 Å². The first-order valence-electron chi connectivity index (χ1n) is 5.12. The van der Waals surface area contributed by atoms with E-state index >= 15 is 0 Å². The topological polar surface area (TPSA) is 64.6 Å². The van der Waals surface area contributed by atoms with Gasteiger partial charge in [-0.15, -0.1) is 0 Å². The number of ether oxygens (including phenoxy) is 2. The lowest BCUT2D eigenvalue weighted by Gasteiger charge is -2.13. The maximum absolute atomic E-state index is 11.1. The molecule has 0 saturated heterocycles. The Labute approximate surface area is 95.8 Å². The maximum atomic E-state index is 11.1. The van der Waals surface area contributed by atoms with Crippen molar-refractivity contribution in [2.24, 2.45) is 0 Å². The Morgan fingerprint density at radius 2 is 2.00 bits per heavy atom. The summed E-state index contributed by atoms with van der Waals surface area (Å²) in [7, 11) is 0. The predicted octanol–water partition coefficient (Wildman–Crippen LogP) is 0.647. The van der Waals surface area contributed by atoms with Crippen molar-refractivity contribution in [1.29, 1.82) is 0 Å². The van der Waals surface area contributed by atoms with Gasteiger partial charge in [-0.05, 0) is 13.8 Å². The normalized spacial score (nSPS) is 11.7. The monoisotopic (exact) mass is 229 g/mol. The summed E-state index contributed by atoms with van der Waals surface area (Å²) in [4.78, 5) is 21.6. The minimum atomic E-state index is -0.419. The molecule has 0 aromatic heterocycles. The molecule has 0 aliphatic rings. The maximum Gasteiger partial charge on any atom is 0.333 e. The number of hydrogen-bond acceptors (Lipinski definition) is 4. The van der Waals surface area contributed by atoms with E-state index < -0.39 is 5.97 Å². The highest BCUT2D eigenvalue weighted by Crippen LogP contribution is 1.98. The third-order valence-corrected chi connectivity index (χ3v) is 1.63. The summed E-state index contributed by atoms with van der Waals surface area (Å²) in [5.41, 5.74) is 0.366. The van der Waals surface area contributed by atoms with E-state index in [0.717, 1.165) is 0 Å². The summed E-state index contributed by atoms with van der Waals surface area (Å²) in [6.45, 7) is 9.40. The minimum Gasteiger partial charge on any atom is -0.457 e. The standard InChI is InChI=1S/C11H19NO4/c1-8(2)11(14)16-9(3)7-15-6-5-12-10(4)13/h9H,1,5-7H2,2-4H3,(H,12,13). The van der Waals surface area contributed by atoms with Crippen LogP contribution in [0.4, 0.5) is 0 Å². The smallest absolute Gasteiger partial charge is 0.333 e. The van der Waals surface area contributed by atoms with Crippen LogP contribution in [-0.4, -0.2) is 37.7 Å². The molecule has 0 aromatic rings. The third-order valence-electron chi connectivity index (χ3n) is 1.63. The molecule has 0 aromatic carbocycles. The zero-order valence-electron chi connectivity index (χ0n) is 10.0. The molecule has 5 heteroatoms. The second-order valence-electron chi connectivity index (χ2n) is 3.55. The Morgan fingerprint density at radius 3 is 2.50 bits per heavy atom. The second-order valence-corrected chi connectivity index (χ2v) is 3.55. The molecule has 0 saturated carbocycles. The van der Waals surface area contributed by atoms with E-state index in [4.69, 9.17) is 9.47 Å². The summed E-state index contributed by atoms with van der Waals surface area (Å²) in [5.74, 6) is -0.511. The Bertz CT molecular complexity index is 263. The summed E-state index contributed by atoms with van der Waals surface area (Å²) in [5, 5.41) is 2.59. The van der Waals surface area contributed by atoms with Crippen molar-refractivity contribution in [2.75, 3.05) is 19.8 Å². The molecule has 0 rings (SSSR count). The van der Waals surface area contributed by atoms with Crippen molar-refractivity contribution in [3.63, 3.8) is 0 Å². The highest BCUT2D eigenvalue weighted by molar-refractivity contribution is 5.87. The molecule has 0 aliphatic carbocycles. The van der Waals surface area contributed by atoms with Gasteiger partial charge in [-0.1, -0.05) is 6.58 Å². The number of esters is 1. The van der Waals surface area contributed by atoms with E-state index in [1.807, 2.05) is 0 Å². The van der Waals surface area contributed by atoms with Gasteiger partial charge in [-0.2, -0.15) is 0 Å². The van der Waals surface area contributed by atoms with Crippen LogP contribution in [0.5, 0.6) is 0 Å². The van der Waals surface area contributed by atoms with Gasteiger partial charge in [0.15, 0.2) is 0 Å². The summed E-state index contributed by atoms with van der Waals surface area (Å²) < 4.78 is 10.2. The molecular weight excluding hydrogens is 210 g/mol. The Kier molecular flexibility index (Phi) is 7.20. The van der Waals surface area contributed by atoms with Crippen LogP contribution in [0, 0.1) is 0 Å². The van der Waals surface area contributed by atoms with Crippen molar-refractivity contribution >= 4 is 11.9 Å². The Hall–Kier alpha value is -1.36. The van der Waals surface area contributed by atoms with Gasteiger partial charge in [-0.3, -0.25) is 4.79 Å². The Morgan fingerprint density at radius 1 is 1.38 bits per heavy atom. The number of nitrogens with one attached hydrogen (secondary N) is 1. The number of carbonyl (C=O) groups excluding carboxylic acids is 2. The van der Waals surface area contributed by atoms with E-state index in [2.05, 4.69) is 11.9 Å². The molecule has 1 N–H and O–H groups in total. The van der Waals surface area contributed by atoms with Crippen LogP contribution in [0.25, 0.3) is 0 Å². The molecule has 16 heavy (non-hydrogen) atoms. The van der Waals surface area contributed by atoms with Gasteiger partial charge in [0.25, 0.3) is 0 Å². The molecule has 5 nitrogen and oxygen atoms in total. The van der Waals surface area contributed by atoms with Gasteiger partial charge in [0, 0.05) is 19.0 Å². The average Bonchev–Trinajstić information content (AvgIpc) is 2.16. The number of carbonyl (C=O) groups is 2. The zero-order chi connectivity index (χ0) is 12.6. The SMILES string of the molecule is C=C(C)C(=O)OC(C)COCCNC(C)=O. The van der Waals surface area contributed by atoms with Gasteiger partial charge >= 0.3 is 5.97 Å². The zero-order valence-corrected chi connectivity index (χ0v) is 10.0. The third kappa shape index (κ3) is 7.99. The first kappa shape index (κ1) is 14.6. The first-order chi connectivity index (χ1) is 7.43. The molecule has 0 fully saturated rings. The van der Waals surface area contributed by atoms with Gasteiger partial charge in [0.2, 0.25) is 5.91 Å². The lowest BCUT2D eigenvalue weighted by atomic mass is 10.3. The van der Waals surface area contributed by atoms with E-state index in [0.29, 0.717) is 25.3 Å². The molecule has 0 bridgehead atoms. The van der Waals surface area contributed by atoms with Crippen LogP contribution >= 0.6 is 0 Å². The minimum absolute atomic E-state index is 0.0923. The highest BCUT2D eigenvalue weighted by atomic mass is 16.6. The molecule has 0 aliphatic heterocycles. The van der Waals surface area contributed by atoms with Crippen molar-refractivity contribution < 1.29 is 19.1 Å². The lowest BCUT2D eigenvalue weighted by molar-refractivity contribution is -0.146. The van der Waals surface area contributed by atoms with E-state index in [9.17, 15) is 9.59 Å². The largest absolute Gasteiger partial charge is 0.457 e. The molecule has 1 unspecified atom stereocenters. The first-order valence-corrected chi connectivity index (χ1v) is 5.12. The number of hydrogen-bond donors (Lipinski definition) is 1. The van der Waals surface area contributed by atoms with Crippen LogP contribution in [0.1, 0.15) is 20.8 Å². The van der Waals surface area contributed by atoms with Gasteiger partial charge in [0.05, 0.1) is 13.2 Å². The fourth-order valence-corrected chi connectivity index (χ4v) is 0.866. The quantitative estimate of drug-likeness (QED) is 0.395. The van der Waals surface area contributed by atoms with Crippen LogP contribution in [-0.2, 0) is 19.1 Å². The molecule has 1 atom stereocenters. The number of rotatable bonds is 7. The summed E-state index contributed by atoms with van der Waals surface area (Å²) >= 11 is 0. The van der Waals surface area contributed by atoms with Crippen molar-refractivity contribution in [1.82, 2.24) is 5.32 Å². The van der Waals surface area contributed by atoms with Crippen LogP contribution in [0.15, 0.2) is 12.2 Å². The van der Waals surface area contributed by atoms with Crippen LogP contribution < -0.4 is 5.32 Å². The molecule has 0 radical (unpaired) electrons. The molecule has 92 valence electrons. The molecule has 1 amide bonds. The van der Waals surface area contributed by atoms with Crippen LogP contribution in [0.3, 0.4) is 0 Å². The average molecular weight is 229 g/mol. The van der Waals surface area contributed by atoms with Gasteiger partial charge < -0.3 is 14.8 Å². The summed E-state index contributed by atoms with van der Waals surface area (Å²) in [6.07, 6.45) is -0.318. The van der Waals surface area contributed by atoms with Gasteiger partial charge in [-0.25, -0.2) is 4.79 Å². The Balaban J connectivity index is 3.51. The van der Waals surface area contributed by atoms with E-state index in [1.165, 1.54) is 6.92 Å². The van der Waals surface area contributed by atoms with Crippen molar-refractivity contribution in [2.45, 2.75) is 26.9 Å². The van der Waals surface area contributed by atoms with E-state index in [-0.39, 0.29) is 12.0 Å². The molecule has 0 heterocycles. The molecule has 0 spiro atoms. The summed E-state index contributed by atoms with van der Waals surface area (Å²) in [6, 6.07) is 0. The van der Waals surface area contributed by atoms with Crippen molar-refractivity contribution in [3.05, 3.63) is 12.2 Å². The van der Waals surface area contributed by atoms with Gasteiger partial charge in [0.1, 0.15) is 6.10 Å². The predicted molar refractivity (Wildman–Crippen MR) is 59.9 cm³/mol. The number of amides is 1.